The smallest absolute Gasteiger partial charge is 0.302 e. The van der Waals surface area contributed by atoms with E-state index < -0.39 is 0 Å². The van der Waals surface area contributed by atoms with Crippen LogP contribution < -0.4 is 0 Å². The molecule has 1 aliphatic rings. The zero-order valence-electron chi connectivity index (χ0n) is 14.0. The monoisotopic (exact) mass is 309 g/mol. The first-order valence-corrected chi connectivity index (χ1v) is 7.66. The number of hydrogen-bond donors (Lipinski definition) is 0. The second-order valence-corrected chi connectivity index (χ2v) is 5.93. The van der Waals surface area contributed by atoms with Gasteiger partial charge in [-0.3, -0.25) is 9.59 Å². The molecule has 0 aromatic carbocycles. The standard InChI is InChI=1S/C17H27NO4/c1-7-9-18(16(20)8-2)17-13(5)11(3)12(4)15(22-17)10-21-14(6)19/h7-8,11-13,15,17H,1-2,9-10H2,3-6H3/t11-,12-,13?,15?,17?/m0/s1. The van der Waals surface area contributed by atoms with Gasteiger partial charge in [-0.2, -0.15) is 0 Å². The molecular formula is C17H27NO4. The van der Waals surface area contributed by atoms with Crippen LogP contribution >= 0.6 is 0 Å². The number of rotatable bonds is 6. The molecule has 1 heterocycles. The molecule has 0 radical (unpaired) electrons. The summed E-state index contributed by atoms with van der Waals surface area (Å²) in [5.74, 6) is 0.195. The van der Waals surface area contributed by atoms with Gasteiger partial charge in [0.15, 0.2) is 0 Å². The number of amides is 1. The van der Waals surface area contributed by atoms with Crippen LogP contribution in [0.5, 0.6) is 0 Å². The molecular weight excluding hydrogens is 282 g/mol. The summed E-state index contributed by atoms with van der Waals surface area (Å²) in [6.45, 7) is 15.5. The molecule has 1 aliphatic heterocycles. The minimum atomic E-state index is -0.379. The van der Waals surface area contributed by atoms with Crippen LogP contribution in [0, 0.1) is 17.8 Å². The number of esters is 1. The van der Waals surface area contributed by atoms with Gasteiger partial charge in [0.2, 0.25) is 5.91 Å². The van der Waals surface area contributed by atoms with Crippen molar-refractivity contribution in [1.82, 2.24) is 4.90 Å². The highest BCUT2D eigenvalue weighted by Crippen LogP contribution is 2.36. The van der Waals surface area contributed by atoms with Crippen LogP contribution in [-0.2, 0) is 19.1 Å². The van der Waals surface area contributed by atoms with Crippen LogP contribution in [0.15, 0.2) is 25.3 Å². The number of ether oxygens (including phenoxy) is 2. The molecule has 3 unspecified atom stereocenters. The van der Waals surface area contributed by atoms with Crippen LogP contribution in [0.1, 0.15) is 27.7 Å². The zero-order chi connectivity index (χ0) is 16.9. The van der Waals surface area contributed by atoms with Crippen LogP contribution in [-0.4, -0.2) is 42.3 Å². The van der Waals surface area contributed by atoms with Crippen molar-refractivity contribution < 1.29 is 19.1 Å². The molecule has 124 valence electrons. The van der Waals surface area contributed by atoms with Crippen LogP contribution in [0.4, 0.5) is 0 Å². The van der Waals surface area contributed by atoms with Crippen molar-refractivity contribution in [2.45, 2.75) is 40.0 Å². The van der Waals surface area contributed by atoms with Crippen molar-refractivity contribution in [2.24, 2.45) is 17.8 Å². The van der Waals surface area contributed by atoms with E-state index in [2.05, 4.69) is 33.9 Å². The molecule has 5 heteroatoms. The molecule has 0 aliphatic carbocycles. The molecule has 0 aromatic rings. The van der Waals surface area contributed by atoms with Crippen LogP contribution in [0.3, 0.4) is 0 Å². The molecule has 1 saturated heterocycles. The van der Waals surface area contributed by atoms with E-state index in [1.807, 2.05) is 0 Å². The highest BCUT2D eigenvalue weighted by atomic mass is 16.6. The first-order valence-electron chi connectivity index (χ1n) is 7.66. The van der Waals surface area contributed by atoms with Gasteiger partial charge < -0.3 is 14.4 Å². The van der Waals surface area contributed by atoms with Gasteiger partial charge in [-0.1, -0.05) is 33.4 Å². The van der Waals surface area contributed by atoms with Gasteiger partial charge in [0.1, 0.15) is 12.8 Å². The minimum Gasteiger partial charge on any atom is -0.463 e. The number of carbonyl (C=O) groups is 2. The zero-order valence-corrected chi connectivity index (χ0v) is 14.0. The Kier molecular flexibility index (Phi) is 6.81. The quantitative estimate of drug-likeness (QED) is 0.429. The lowest BCUT2D eigenvalue weighted by molar-refractivity contribution is -0.207. The van der Waals surface area contributed by atoms with Gasteiger partial charge in [-0.05, 0) is 17.9 Å². The summed E-state index contributed by atoms with van der Waals surface area (Å²) in [5, 5.41) is 0. The molecule has 0 spiro atoms. The summed E-state index contributed by atoms with van der Waals surface area (Å²) in [7, 11) is 0. The lowest BCUT2D eigenvalue weighted by Gasteiger charge is -2.47. The summed E-state index contributed by atoms with van der Waals surface area (Å²) in [4.78, 5) is 24.8. The maximum absolute atomic E-state index is 12.1. The molecule has 1 rings (SSSR count). The second-order valence-electron chi connectivity index (χ2n) is 5.93. The van der Waals surface area contributed by atoms with Crippen LogP contribution in [0.2, 0.25) is 0 Å². The fourth-order valence-corrected chi connectivity index (χ4v) is 2.83. The van der Waals surface area contributed by atoms with E-state index in [0.29, 0.717) is 12.5 Å². The third kappa shape index (κ3) is 4.19. The highest BCUT2D eigenvalue weighted by molar-refractivity contribution is 5.87. The fraction of sp³-hybridized carbons (Fsp3) is 0.647. The number of hydrogen-bond acceptors (Lipinski definition) is 4. The molecule has 1 fully saturated rings. The molecule has 1 amide bonds. The van der Waals surface area contributed by atoms with E-state index in [4.69, 9.17) is 9.47 Å². The van der Waals surface area contributed by atoms with E-state index >= 15 is 0 Å². The van der Waals surface area contributed by atoms with Crippen molar-refractivity contribution in [3.63, 3.8) is 0 Å². The predicted octanol–water partition coefficient (Wildman–Crippen LogP) is 2.38. The van der Waals surface area contributed by atoms with E-state index in [1.54, 1.807) is 11.0 Å². The summed E-state index contributed by atoms with van der Waals surface area (Å²) < 4.78 is 11.2. The Hall–Kier alpha value is -1.62. The Morgan fingerprint density at radius 1 is 1.18 bits per heavy atom. The predicted molar refractivity (Wildman–Crippen MR) is 84.9 cm³/mol. The topological polar surface area (TPSA) is 55.8 Å². The molecule has 0 saturated carbocycles. The Balaban J connectivity index is 2.95. The fourth-order valence-electron chi connectivity index (χ4n) is 2.83. The first kappa shape index (κ1) is 18.4. The second kappa shape index (κ2) is 8.13. The van der Waals surface area contributed by atoms with Gasteiger partial charge in [0.05, 0.1) is 6.10 Å². The van der Waals surface area contributed by atoms with Gasteiger partial charge in [0.25, 0.3) is 0 Å². The molecule has 5 atom stereocenters. The maximum Gasteiger partial charge on any atom is 0.302 e. The van der Waals surface area contributed by atoms with Crippen molar-refractivity contribution >= 4 is 11.9 Å². The third-order valence-corrected chi connectivity index (χ3v) is 4.55. The van der Waals surface area contributed by atoms with Crippen molar-refractivity contribution in [1.29, 1.82) is 0 Å². The average Bonchev–Trinajstić information content (AvgIpc) is 2.49. The summed E-state index contributed by atoms with van der Waals surface area (Å²) in [6, 6.07) is 0. The molecule has 22 heavy (non-hydrogen) atoms. The normalized spacial score (nSPS) is 31.2. The molecule has 0 aromatic heterocycles. The van der Waals surface area contributed by atoms with Gasteiger partial charge in [-0.25, -0.2) is 0 Å². The molecule has 0 bridgehead atoms. The first-order chi connectivity index (χ1) is 10.3. The summed E-state index contributed by atoms with van der Waals surface area (Å²) >= 11 is 0. The third-order valence-electron chi connectivity index (χ3n) is 4.55. The molecule has 0 N–H and O–H groups in total. The van der Waals surface area contributed by atoms with Crippen molar-refractivity contribution in [3.05, 3.63) is 25.3 Å². The van der Waals surface area contributed by atoms with E-state index in [9.17, 15) is 9.59 Å². The Morgan fingerprint density at radius 2 is 1.82 bits per heavy atom. The summed E-state index contributed by atoms with van der Waals surface area (Å²) in [5.41, 5.74) is 0. The van der Waals surface area contributed by atoms with Crippen molar-refractivity contribution in [3.8, 4) is 0 Å². The Bertz CT molecular complexity index is 434. The minimum absolute atomic E-state index is 0.160. The van der Waals surface area contributed by atoms with Crippen molar-refractivity contribution in [2.75, 3.05) is 13.2 Å². The lowest BCUT2D eigenvalue weighted by atomic mass is 9.78. The van der Waals surface area contributed by atoms with Gasteiger partial charge in [-0.15, -0.1) is 6.58 Å². The lowest BCUT2D eigenvalue weighted by Crippen LogP contribution is -2.55. The largest absolute Gasteiger partial charge is 0.463 e. The average molecular weight is 309 g/mol. The Labute approximate surface area is 133 Å². The van der Waals surface area contributed by atoms with Gasteiger partial charge in [0, 0.05) is 19.4 Å². The SMILES string of the molecule is C=CCN(C(=O)C=C)C1OC(COC(C)=O)[C@@H](C)[C@H](C)C1C. The van der Waals surface area contributed by atoms with E-state index in [0.717, 1.165) is 0 Å². The van der Waals surface area contributed by atoms with Crippen LogP contribution in [0.25, 0.3) is 0 Å². The number of nitrogens with zero attached hydrogens (tertiary/aromatic N) is 1. The van der Waals surface area contributed by atoms with E-state index in [-0.39, 0.29) is 42.7 Å². The van der Waals surface area contributed by atoms with Gasteiger partial charge >= 0.3 is 5.97 Å². The summed E-state index contributed by atoms with van der Waals surface area (Å²) in [6.07, 6.45) is 2.34. The highest BCUT2D eigenvalue weighted by Gasteiger charge is 2.42. The number of carbonyl (C=O) groups excluding carboxylic acids is 2. The Morgan fingerprint density at radius 3 is 2.32 bits per heavy atom. The van der Waals surface area contributed by atoms with E-state index in [1.165, 1.54) is 13.0 Å². The molecule has 5 nitrogen and oxygen atoms in total. The maximum atomic E-state index is 12.1.